The van der Waals surface area contributed by atoms with E-state index in [1.165, 1.54) is 0 Å². The summed E-state index contributed by atoms with van der Waals surface area (Å²) >= 11 is 0. The minimum atomic E-state index is -6.18. The quantitative estimate of drug-likeness (QED) is 0.358. The Labute approximate surface area is 160 Å². The van der Waals surface area contributed by atoms with E-state index in [4.69, 9.17) is 4.55 Å². The highest BCUT2D eigenvalue weighted by atomic mass is 32.3. The number of carboxylic acids is 1. The van der Waals surface area contributed by atoms with E-state index in [1.807, 2.05) is 0 Å². The van der Waals surface area contributed by atoms with Crippen LogP contribution in [0.25, 0.3) is 0 Å². The monoisotopic (exact) mass is 462 g/mol. The number of carbonyl (C=O) groups excluding carboxylic acids is 1. The third-order valence-corrected chi connectivity index (χ3v) is 5.33. The van der Waals surface area contributed by atoms with Gasteiger partial charge in [-0.1, -0.05) is 12.1 Å². The fraction of sp³-hybridized carbons (Fsp3) is 0.333. The summed E-state index contributed by atoms with van der Waals surface area (Å²) in [4.78, 5) is 24.6. The van der Waals surface area contributed by atoms with Crippen molar-refractivity contribution < 1.29 is 57.7 Å². The van der Waals surface area contributed by atoms with Gasteiger partial charge in [-0.15, -0.1) is 4.28 Å². The van der Waals surface area contributed by atoms with E-state index in [0.29, 0.717) is 4.90 Å². The zero-order chi connectivity index (χ0) is 21.9. The molecule has 0 saturated carbocycles. The predicted molar refractivity (Wildman–Crippen MR) is 81.7 cm³/mol. The number of halogens is 3. The van der Waals surface area contributed by atoms with E-state index in [9.17, 15) is 44.7 Å². The number of nitrogens with zero attached hydrogens (tertiary/aromatic N) is 2. The van der Waals surface area contributed by atoms with Crippen LogP contribution >= 0.6 is 0 Å². The number of carboxylic acid groups (broad SMARTS) is 1. The zero-order valence-electron chi connectivity index (χ0n) is 13.6. The largest absolute Gasteiger partial charge is 0.534 e. The summed E-state index contributed by atoms with van der Waals surface area (Å²) in [5.74, 6) is -2.64. The van der Waals surface area contributed by atoms with Crippen molar-refractivity contribution >= 4 is 32.5 Å². The molecule has 2 amide bonds. The SMILES string of the molecule is O=C(O)C1c2cccc(OS(=O)(=O)C(F)(F)F)c2[C@H]2CN1C(=O)N2OS(=O)(=O)O. The lowest BCUT2D eigenvalue weighted by atomic mass is 9.90. The molecule has 12 nitrogen and oxygen atoms in total. The van der Waals surface area contributed by atoms with Crippen LogP contribution in [0.15, 0.2) is 18.2 Å². The number of rotatable bonds is 5. The Bertz CT molecular complexity index is 1100. The Morgan fingerprint density at radius 2 is 1.83 bits per heavy atom. The first-order valence-corrected chi connectivity index (χ1v) is 10.0. The second kappa shape index (κ2) is 6.44. The van der Waals surface area contributed by atoms with E-state index in [1.54, 1.807) is 0 Å². The van der Waals surface area contributed by atoms with Crippen LogP contribution in [-0.4, -0.2) is 60.5 Å². The summed E-state index contributed by atoms with van der Waals surface area (Å²) in [6, 6.07) is -1.95. The van der Waals surface area contributed by atoms with Crippen molar-refractivity contribution in [3.05, 3.63) is 29.3 Å². The minimum absolute atomic E-state index is 0.00414. The highest BCUT2D eigenvalue weighted by molar-refractivity contribution is 7.88. The average molecular weight is 462 g/mol. The Hall–Kier alpha value is -2.63. The van der Waals surface area contributed by atoms with Crippen LogP contribution in [0.1, 0.15) is 23.2 Å². The van der Waals surface area contributed by atoms with E-state index in [2.05, 4.69) is 8.47 Å². The van der Waals surface area contributed by atoms with Crippen molar-refractivity contribution in [2.75, 3.05) is 6.54 Å². The number of urea groups is 1. The minimum Gasteiger partial charge on any atom is -0.479 e. The number of alkyl halides is 3. The van der Waals surface area contributed by atoms with Gasteiger partial charge < -0.3 is 14.2 Å². The van der Waals surface area contributed by atoms with Gasteiger partial charge in [-0.3, -0.25) is 4.55 Å². The van der Waals surface area contributed by atoms with Crippen LogP contribution in [0, 0.1) is 0 Å². The van der Waals surface area contributed by atoms with Gasteiger partial charge in [0.25, 0.3) is 0 Å². The molecule has 2 heterocycles. The third-order valence-electron chi connectivity index (χ3n) is 4.02. The first-order valence-electron chi connectivity index (χ1n) is 7.27. The smallest absolute Gasteiger partial charge is 0.479 e. The molecule has 29 heavy (non-hydrogen) atoms. The molecule has 2 bridgehead atoms. The molecule has 3 rings (SSSR count). The first kappa shape index (κ1) is 21.1. The normalized spacial score (nSPS) is 21.9. The second-order valence-electron chi connectivity index (χ2n) is 5.76. The first-order chi connectivity index (χ1) is 13.1. The van der Waals surface area contributed by atoms with E-state index < -0.39 is 68.0 Å². The molecule has 0 aliphatic carbocycles. The Kier molecular flexibility index (Phi) is 4.68. The van der Waals surface area contributed by atoms with Gasteiger partial charge in [0.15, 0.2) is 6.04 Å². The molecule has 2 aliphatic rings. The molecule has 1 aromatic rings. The number of hydroxylamine groups is 2. The molecule has 2 aliphatic heterocycles. The summed E-state index contributed by atoms with van der Waals surface area (Å²) in [6.45, 7) is -0.606. The van der Waals surface area contributed by atoms with Gasteiger partial charge in [-0.25, -0.2) is 9.59 Å². The van der Waals surface area contributed by atoms with E-state index in [0.717, 1.165) is 18.2 Å². The number of hydrogen-bond donors (Lipinski definition) is 2. The van der Waals surface area contributed by atoms with Gasteiger partial charge in [-0.2, -0.15) is 35.1 Å². The topological polar surface area (TPSA) is 168 Å². The van der Waals surface area contributed by atoms with Crippen molar-refractivity contribution in [1.82, 2.24) is 9.96 Å². The van der Waals surface area contributed by atoms with Crippen LogP contribution in [0.3, 0.4) is 0 Å². The molecule has 0 spiro atoms. The predicted octanol–water partition coefficient (Wildman–Crippen LogP) is 0.567. The zero-order valence-corrected chi connectivity index (χ0v) is 15.2. The molecule has 1 aromatic carbocycles. The summed E-state index contributed by atoms with van der Waals surface area (Å²) in [7, 11) is -11.5. The highest BCUT2D eigenvalue weighted by Gasteiger charge is 2.55. The van der Waals surface area contributed by atoms with E-state index >= 15 is 0 Å². The lowest BCUT2D eigenvalue weighted by Gasteiger charge is -2.31. The van der Waals surface area contributed by atoms with Crippen LogP contribution in [-0.2, 0) is 29.6 Å². The van der Waals surface area contributed by atoms with Gasteiger partial charge in [0, 0.05) is 5.56 Å². The fourth-order valence-corrected chi connectivity index (χ4v) is 3.88. The Morgan fingerprint density at radius 3 is 2.34 bits per heavy atom. The van der Waals surface area contributed by atoms with E-state index in [-0.39, 0.29) is 10.6 Å². The van der Waals surface area contributed by atoms with Crippen molar-refractivity contribution in [3.63, 3.8) is 0 Å². The van der Waals surface area contributed by atoms with Gasteiger partial charge >= 0.3 is 38.0 Å². The molecule has 1 unspecified atom stereocenters. The highest BCUT2D eigenvalue weighted by Crippen LogP contribution is 2.48. The molecular weight excluding hydrogens is 453 g/mol. The molecule has 2 atom stereocenters. The maximum atomic E-state index is 12.7. The average Bonchev–Trinajstić information content (AvgIpc) is 2.78. The Morgan fingerprint density at radius 1 is 1.21 bits per heavy atom. The maximum absolute atomic E-state index is 12.7. The van der Waals surface area contributed by atoms with Gasteiger partial charge in [0.2, 0.25) is 0 Å². The number of hydrogen-bond acceptors (Lipinski definition) is 8. The molecule has 1 saturated heterocycles. The lowest BCUT2D eigenvalue weighted by molar-refractivity contribution is -0.142. The number of amides is 2. The summed E-state index contributed by atoms with van der Waals surface area (Å²) < 4.78 is 99.9. The molecule has 0 radical (unpaired) electrons. The number of fused-ring (bicyclic) bond motifs is 4. The number of aliphatic carboxylic acids is 1. The van der Waals surface area contributed by atoms with Gasteiger partial charge in [0.05, 0.1) is 6.54 Å². The third kappa shape index (κ3) is 3.56. The molecular formula is C12H9F3N2O10S2. The standard InChI is InChI=1S/C12H9F3N2O10S2/c13-12(14,15)28(21,22)26-7-3-1-2-5-8(7)6-4-16(9(5)10(18)19)11(20)17(6)27-29(23,24)25/h1-3,6,9H,4H2,(H,18,19)(H,23,24,25)/t6-,9?/m1/s1. The van der Waals surface area contributed by atoms with Crippen molar-refractivity contribution in [1.29, 1.82) is 0 Å². The van der Waals surface area contributed by atoms with Crippen molar-refractivity contribution in [2.24, 2.45) is 0 Å². The maximum Gasteiger partial charge on any atom is 0.534 e. The molecule has 160 valence electrons. The molecule has 17 heteroatoms. The summed E-state index contributed by atoms with van der Waals surface area (Å²) in [5.41, 5.74) is -6.70. The van der Waals surface area contributed by atoms with Crippen molar-refractivity contribution in [3.8, 4) is 5.75 Å². The van der Waals surface area contributed by atoms with Crippen molar-refractivity contribution in [2.45, 2.75) is 17.6 Å². The summed E-state index contributed by atoms with van der Waals surface area (Å²) in [5, 5.41) is 9.44. The van der Waals surface area contributed by atoms with Crippen LogP contribution in [0.2, 0.25) is 0 Å². The summed E-state index contributed by atoms with van der Waals surface area (Å²) in [6.07, 6.45) is 0. The molecule has 2 N–H and O–H groups in total. The fourth-order valence-electron chi connectivity index (χ4n) is 3.04. The van der Waals surface area contributed by atoms with Gasteiger partial charge in [-0.05, 0) is 11.6 Å². The molecule has 0 aromatic heterocycles. The number of benzene rings is 1. The number of carbonyl (C=O) groups is 2. The Balaban J connectivity index is 2.20. The van der Waals surface area contributed by atoms with Crippen LogP contribution in [0.5, 0.6) is 5.75 Å². The lowest BCUT2D eigenvalue weighted by Crippen LogP contribution is -2.38. The van der Waals surface area contributed by atoms with Gasteiger partial charge in [0.1, 0.15) is 11.8 Å². The molecule has 1 fully saturated rings. The second-order valence-corrected chi connectivity index (χ2v) is 8.30. The van der Waals surface area contributed by atoms with Crippen LogP contribution in [0.4, 0.5) is 18.0 Å². The van der Waals surface area contributed by atoms with Crippen LogP contribution < -0.4 is 4.18 Å².